The number of nitrogens with one attached hydrogen (secondary N) is 1. The van der Waals surface area contributed by atoms with E-state index in [1.165, 1.54) is 10.5 Å². The van der Waals surface area contributed by atoms with Gasteiger partial charge >= 0.3 is 0 Å². The summed E-state index contributed by atoms with van der Waals surface area (Å²) in [7, 11) is 1.54. The van der Waals surface area contributed by atoms with Crippen LogP contribution >= 0.6 is 0 Å². The first-order valence-electron chi connectivity index (χ1n) is 8.20. The van der Waals surface area contributed by atoms with Gasteiger partial charge in [-0.2, -0.15) is 0 Å². The second-order valence-corrected chi connectivity index (χ2v) is 6.21. The molecule has 2 heterocycles. The van der Waals surface area contributed by atoms with Gasteiger partial charge in [0.05, 0.1) is 13.1 Å². The summed E-state index contributed by atoms with van der Waals surface area (Å²) >= 11 is 0. The predicted molar refractivity (Wildman–Crippen MR) is 89.4 cm³/mol. The maximum absolute atomic E-state index is 11.8. The minimum absolute atomic E-state index is 0.149. The Morgan fingerprint density at radius 1 is 1.00 bits per heavy atom. The second-order valence-electron chi connectivity index (χ2n) is 6.21. The van der Waals surface area contributed by atoms with Crippen LogP contribution in [0.15, 0.2) is 24.3 Å². The van der Waals surface area contributed by atoms with Gasteiger partial charge in [-0.05, 0) is 24.1 Å². The molecule has 0 aromatic heterocycles. The molecule has 124 valence electrons. The molecule has 0 bridgehead atoms. The summed E-state index contributed by atoms with van der Waals surface area (Å²) in [4.78, 5) is 29.1. The van der Waals surface area contributed by atoms with E-state index in [1.807, 2.05) is 17.0 Å². The largest absolute Gasteiger partial charge is 0.353 e. The maximum atomic E-state index is 11.8. The molecule has 1 N–H and O–H groups in total. The third-order valence-corrected chi connectivity index (χ3v) is 4.63. The monoisotopic (exact) mass is 316 g/mol. The van der Waals surface area contributed by atoms with E-state index in [4.69, 9.17) is 0 Å². The van der Waals surface area contributed by atoms with Crippen LogP contribution in [0.2, 0.25) is 0 Å². The van der Waals surface area contributed by atoms with Crippen molar-refractivity contribution in [3.63, 3.8) is 0 Å². The van der Waals surface area contributed by atoms with E-state index < -0.39 is 0 Å². The van der Waals surface area contributed by atoms with Crippen molar-refractivity contribution in [3.05, 3.63) is 29.8 Å². The molecule has 0 radical (unpaired) electrons. The van der Waals surface area contributed by atoms with Gasteiger partial charge in [-0.1, -0.05) is 12.1 Å². The number of carbonyl (C=O) groups excluding carboxylic acids is 2. The summed E-state index contributed by atoms with van der Waals surface area (Å²) in [6, 6.07) is 8.23. The molecule has 0 saturated carbocycles. The summed E-state index contributed by atoms with van der Waals surface area (Å²) in [6.45, 7) is 5.99. The molecule has 3 rings (SSSR count). The Morgan fingerprint density at radius 3 is 2.22 bits per heavy atom. The van der Waals surface area contributed by atoms with Gasteiger partial charge in [0.2, 0.25) is 11.8 Å². The van der Waals surface area contributed by atoms with Crippen LogP contribution in [0.4, 0.5) is 5.69 Å². The van der Waals surface area contributed by atoms with Crippen LogP contribution in [0.5, 0.6) is 0 Å². The van der Waals surface area contributed by atoms with E-state index >= 15 is 0 Å². The first-order chi connectivity index (χ1) is 11.1. The molecule has 2 aliphatic rings. The molecule has 0 unspecified atom stereocenters. The Balaban J connectivity index is 1.56. The van der Waals surface area contributed by atoms with Gasteiger partial charge in [-0.3, -0.25) is 14.5 Å². The molecule has 23 heavy (non-hydrogen) atoms. The Morgan fingerprint density at radius 2 is 1.61 bits per heavy atom. The van der Waals surface area contributed by atoms with Crippen LogP contribution in [0.1, 0.15) is 5.56 Å². The number of benzene rings is 1. The average Bonchev–Trinajstić information content (AvgIpc) is 2.59. The molecule has 0 aliphatic carbocycles. The van der Waals surface area contributed by atoms with Crippen molar-refractivity contribution < 1.29 is 9.59 Å². The Bertz CT molecular complexity index is 548. The van der Waals surface area contributed by atoms with Gasteiger partial charge < -0.3 is 15.1 Å². The normalized spacial score (nSPS) is 20.2. The summed E-state index contributed by atoms with van der Waals surface area (Å²) in [5, 5.41) is 3.36. The molecule has 2 amide bonds. The SMILES string of the molecule is CN1C(=O)CN(c2ccc(CCN3CCNCC3)cc2)CC1=O. The van der Waals surface area contributed by atoms with Crippen LogP contribution in [0, 0.1) is 0 Å². The van der Waals surface area contributed by atoms with Crippen LogP contribution in [-0.2, 0) is 16.0 Å². The number of likely N-dealkylation sites (N-methyl/N-ethyl adjacent to an activating group) is 1. The van der Waals surface area contributed by atoms with Crippen molar-refractivity contribution in [2.75, 3.05) is 57.8 Å². The van der Waals surface area contributed by atoms with Gasteiger partial charge in [-0.25, -0.2) is 0 Å². The Labute approximate surface area is 137 Å². The zero-order valence-electron chi connectivity index (χ0n) is 13.6. The third kappa shape index (κ3) is 3.89. The highest BCUT2D eigenvalue weighted by atomic mass is 16.2. The number of carbonyl (C=O) groups is 2. The quantitative estimate of drug-likeness (QED) is 0.789. The molecule has 1 aromatic carbocycles. The van der Waals surface area contributed by atoms with Gasteiger partial charge in [0.25, 0.3) is 0 Å². The fourth-order valence-electron chi connectivity index (χ4n) is 3.01. The van der Waals surface area contributed by atoms with Crippen molar-refractivity contribution >= 4 is 17.5 Å². The lowest BCUT2D eigenvalue weighted by Gasteiger charge is -2.32. The topological polar surface area (TPSA) is 55.9 Å². The van der Waals surface area contributed by atoms with Crippen LogP contribution < -0.4 is 10.2 Å². The predicted octanol–water partition coefficient (Wildman–Crippen LogP) is -0.0607. The minimum Gasteiger partial charge on any atom is -0.353 e. The third-order valence-electron chi connectivity index (χ3n) is 4.63. The number of anilines is 1. The van der Waals surface area contributed by atoms with Gasteiger partial charge in [0, 0.05) is 45.5 Å². The van der Waals surface area contributed by atoms with Crippen molar-refractivity contribution in [1.82, 2.24) is 15.1 Å². The Kier molecular flexibility index (Phi) is 4.93. The summed E-state index contributed by atoms with van der Waals surface area (Å²) in [5.41, 5.74) is 2.23. The molecule has 0 spiro atoms. The fraction of sp³-hybridized carbons (Fsp3) is 0.529. The van der Waals surface area contributed by atoms with E-state index in [9.17, 15) is 9.59 Å². The zero-order valence-corrected chi connectivity index (χ0v) is 13.6. The van der Waals surface area contributed by atoms with Crippen molar-refractivity contribution in [2.24, 2.45) is 0 Å². The Hall–Kier alpha value is -1.92. The molecule has 6 heteroatoms. The zero-order chi connectivity index (χ0) is 16.2. The highest BCUT2D eigenvalue weighted by molar-refractivity contribution is 6.02. The number of hydrogen-bond donors (Lipinski definition) is 1. The van der Waals surface area contributed by atoms with E-state index in [-0.39, 0.29) is 24.9 Å². The maximum Gasteiger partial charge on any atom is 0.248 e. The fourth-order valence-corrected chi connectivity index (χ4v) is 3.01. The summed E-state index contributed by atoms with van der Waals surface area (Å²) in [6.07, 6.45) is 1.03. The lowest BCUT2D eigenvalue weighted by molar-refractivity contribution is -0.143. The van der Waals surface area contributed by atoms with Crippen molar-refractivity contribution in [2.45, 2.75) is 6.42 Å². The second kappa shape index (κ2) is 7.10. The molecule has 2 fully saturated rings. The standard InChI is InChI=1S/C17H24N4O2/c1-19-16(22)12-21(13-17(19)23)15-4-2-14(3-5-15)6-9-20-10-7-18-8-11-20/h2-5,18H,6-13H2,1H3. The van der Waals surface area contributed by atoms with E-state index in [0.29, 0.717) is 0 Å². The number of rotatable bonds is 4. The first kappa shape index (κ1) is 16.0. The lowest BCUT2D eigenvalue weighted by atomic mass is 10.1. The average molecular weight is 316 g/mol. The van der Waals surface area contributed by atoms with Crippen LogP contribution in [0.3, 0.4) is 0 Å². The van der Waals surface area contributed by atoms with E-state index in [0.717, 1.165) is 44.8 Å². The number of hydrogen-bond acceptors (Lipinski definition) is 5. The number of piperazine rings is 2. The van der Waals surface area contributed by atoms with E-state index in [2.05, 4.69) is 22.3 Å². The molecular formula is C17H24N4O2. The summed E-state index contributed by atoms with van der Waals surface area (Å²) in [5.74, 6) is -0.298. The first-order valence-corrected chi connectivity index (χ1v) is 8.20. The highest BCUT2D eigenvalue weighted by Gasteiger charge is 2.28. The van der Waals surface area contributed by atoms with Crippen molar-refractivity contribution in [1.29, 1.82) is 0 Å². The molecule has 1 aromatic rings. The molecule has 2 aliphatic heterocycles. The van der Waals surface area contributed by atoms with Crippen LogP contribution in [-0.4, -0.2) is 74.5 Å². The molecular weight excluding hydrogens is 292 g/mol. The number of nitrogens with zero attached hydrogens (tertiary/aromatic N) is 3. The van der Waals surface area contributed by atoms with Crippen molar-refractivity contribution in [3.8, 4) is 0 Å². The molecule has 6 nitrogen and oxygen atoms in total. The van der Waals surface area contributed by atoms with Crippen LogP contribution in [0.25, 0.3) is 0 Å². The molecule has 0 atom stereocenters. The number of amides is 2. The smallest absolute Gasteiger partial charge is 0.248 e. The number of imide groups is 1. The van der Waals surface area contributed by atoms with Gasteiger partial charge in [0.1, 0.15) is 0 Å². The van der Waals surface area contributed by atoms with E-state index in [1.54, 1.807) is 7.05 Å². The van der Waals surface area contributed by atoms with Gasteiger partial charge in [0.15, 0.2) is 0 Å². The highest BCUT2D eigenvalue weighted by Crippen LogP contribution is 2.18. The summed E-state index contributed by atoms with van der Waals surface area (Å²) < 4.78 is 0. The van der Waals surface area contributed by atoms with Gasteiger partial charge in [-0.15, -0.1) is 0 Å². The minimum atomic E-state index is -0.149. The molecule has 2 saturated heterocycles. The lowest BCUT2D eigenvalue weighted by Crippen LogP contribution is -2.52.